The fourth-order valence-electron chi connectivity index (χ4n) is 18.8. The summed E-state index contributed by atoms with van der Waals surface area (Å²) < 4.78 is 2.70. The summed E-state index contributed by atoms with van der Waals surface area (Å²) in [5.41, 5.74) is 18.2. The van der Waals surface area contributed by atoms with E-state index in [-0.39, 0.29) is 0 Å². The predicted molar refractivity (Wildman–Crippen MR) is 218 cm³/mol. The van der Waals surface area contributed by atoms with Crippen molar-refractivity contribution in [2.75, 3.05) is 0 Å². The normalized spacial score (nSPS) is 37.0. The lowest BCUT2D eigenvalue weighted by atomic mass is 9.40. The highest BCUT2D eigenvalue weighted by molar-refractivity contribution is 6.26. The molecule has 0 aliphatic heterocycles. The third kappa shape index (κ3) is 3.09. The van der Waals surface area contributed by atoms with Crippen LogP contribution in [-0.2, 0) is 0 Å². The van der Waals surface area contributed by atoms with Crippen LogP contribution >= 0.6 is 0 Å². The fourth-order valence-corrected chi connectivity index (χ4v) is 18.8. The molecule has 7 bridgehead atoms. The average Bonchev–Trinajstić information content (AvgIpc) is 4.01. The van der Waals surface area contributed by atoms with E-state index in [1.807, 2.05) is 0 Å². The number of rotatable bonds is 1. The van der Waals surface area contributed by atoms with Crippen LogP contribution in [0.25, 0.3) is 49.2 Å². The molecule has 7 unspecified atom stereocenters. The van der Waals surface area contributed by atoms with Gasteiger partial charge in [0.05, 0.1) is 28.9 Å². The summed E-state index contributed by atoms with van der Waals surface area (Å²) in [6.07, 6.45) is 27.9. The van der Waals surface area contributed by atoms with Crippen LogP contribution in [0.2, 0.25) is 0 Å². The molecule has 7 fully saturated rings. The lowest BCUT2D eigenvalue weighted by molar-refractivity contribution is -0.161. The highest BCUT2D eigenvalue weighted by Gasteiger charge is 2.76. The van der Waals surface area contributed by atoms with Crippen LogP contribution in [-0.4, -0.2) is 14.4 Å². The number of benzene rings is 2. The van der Waals surface area contributed by atoms with E-state index in [0.29, 0.717) is 39.9 Å². The molecule has 6 aromatic rings. The molecular weight excluding hydrogens is 655 g/mol. The molecule has 2 aromatic carbocycles. The summed E-state index contributed by atoms with van der Waals surface area (Å²) >= 11 is 0. The summed E-state index contributed by atoms with van der Waals surface area (Å²) in [5, 5.41) is 6.15. The fraction of sp³-hybridized carbons (Fsp3) is 0.569. The van der Waals surface area contributed by atoms with E-state index in [0.717, 1.165) is 23.7 Å². The molecule has 7 atom stereocenters. The van der Waals surface area contributed by atoms with E-state index in [1.54, 1.807) is 21.9 Å². The molecule has 3 spiro atoms. The maximum absolute atomic E-state index is 5.65. The highest BCUT2D eigenvalue weighted by atomic mass is 15.0. The van der Waals surface area contributed by atoms with Gasteiger partial charge in [-0.25, -0.2) is 0 Å². The van der Waals surface area contributed by atoms with Crippen LogP contribution < -0.4 is 0 Å². The predicted octanol–water partition coefficient (Wildman–Crippen LogP) is 13.0. The van der Waals surface area contributed by atoms with Crippen molar-refractivity contribution in [2.45, 2.75) is 140 Å². The second-order valence-corrected chi connectivity index (χ2v) is 21.4. The topological polar surface area (TPSA) is 30.2 Å². The van der Waals surface area contributed by atoms with Gasteiger partial charge in [0.2, 0.25) is 0 Å². The van der Waals surface area contributed by atoms with E-state index in [1.165, 1.54) is 164 Å². The maximum atomic E-state index is 5.65. The molecular formula is C51H53N3. The van der Waals surface area contributed by atoms with Crippen LogP contribution in [0.4, 0.5) is 0 Å². The molecule has 3 nitrogen and oxygen atoms in total. The molecule has 3 heteroatoms. The molecule has 0 N–H and O–H groups in total. The zero-order valence-corrected chi connectivity index (χ0v) is 32.3. The SMILES string of the molecule is Cc1cccc(C)c1-c1cc2c3c4c(ncc3n3c5cnc6c(c5c(c1)c23)C1CC2C3(CCCC3)C3CC6CC32C1)C1CC2CC4CC(C1)C21CCCC1. The Bertz CT molecular complexity index is 2640. The molecule has 4 aromatic heterocycles. The quantitative estimate of drug-likeness (QED) is 0.170. The molecule has 4 heterocycles. The zero-order valence-electron chi connectivity index (χ0n) is 32.3. The molecule has 10 aliphatic rings. The Labute approximate surface area is 319 Å². The first-order valence-corrected chi connectivity index (χ1v) is 22.6. The Hall–Kier alpha value is -3.46. The minimum absolute atomic E-state index is 0.612. The van der Waals surface area contributed by atoms with Crippen molar-refractivity contribution in [1.29, 1.82) is 0 Å². The van der Waals surface area contributed by atoms with Crippen molar-refractivity contribution in [1.82, 2.24) is 14.4 Å². The van der Waals surface area contributed by atoms with E-state index >= 15 is 0 Å². The second-order valence-electron chi connectivity index (χ2n) is 21.4. The number of nitrogens with zero attached hydrogens (tertiary/aromatic N) is 3. The van der Waals surface area contributed by atoms with Gasteiger partial charge in [-0.05, 0) is 188 Å². The van der Waals surface area contributed by atoms with Crippen molar-refractivity contribution < 1.29 is 0 Å². The Morgan fingerprint density at radius 1 is 0.593 bits per heavy atom. The first kappa shape index (κ1) is 29.8. The summed E-state index contributed by atoms with van der Waals surface area (Å²) in [4.78, 5) is 11.3. The second kappa shape index (κ2) is 9.38. The van der Waals surface area contributed by atoms with Gasteiger partial charge in [0.1, 0.15) is 0 Å². The Kier molecular flexibility index (Phi) is 5.17. The van der Waals surface area contributed by atoms with Gasteiger partial charge in [0.25, 0.3) is 0 Å². The monoisotopic (exact) mass is 707 g/mol. The Morgan fingerprint density at radius 3 is 1.78 bits per heavy atom. The summed E-state index contributed by atoms with van der Waals surface area (Å²) in [6, 6.07) is 12.2. The van der Waals surface area contributed by atoms with Crippen LogP contribution in [0.15, 0.2) is 42.7 Å². The Morgan fingerprint density at radius 2 is 1.13 bits per heavy atom. The summed E-state index contributed by atoms with van der Waals surface area (Å²) in [6.45, 7) is 4.67. The van der Waals surface area contributed by atoms with Crippen LogP contribution in [0.3, 0.4) is 0 Å². The van der Waals surface area contributed by atoms with Gasteiger partial charge in [-0.15, -0.1) is 0 Å². The molecule has 10 aliphatic carbocycles. The Balaban J connectivity index is 1.03. The third-order valence-electron chi connectivity index (χ3n) is 20.0. The molecule has 0 radical (unpaired) electrons. The number of aromatic nitrogens is 3. The highest BCUT2D eigenvalue weighted by Crippen LogP contribution is 2.85. The minimum Gasteiger partial charge on any atom is -0.305 e. The van der Waals surface area contributed by atoms with Gasteiger partial charge in [-0.1, -0.05) is 43.9 Å². The number of pyridine rings is 2. The number of aryl methyl sites for hydroxylation is 2. The standard InChI is InChI=1S/C51H53N3/c1-26-8-7-9-27(2)41(26)29-18-35-44-37(24-52-46-30-16-33-14-28(42(44)46)15-34(17-30)49(33)10-3-4-11-49)54-38-25-53-47-32-21-40-50(12-5-6-13-50)39-20-31(22-51(39,40)23-32)43(47)45(38)36(19-29)48(35)54/h7-9,18-19,24-25,28,30-34,39-40H,3-6,10-17,20-23H2,1-2H3. The summed E-state index contributed by atoms with van der Waals surface area (Å²) in [7, 11) is 0. The van der Waals surface area contributed by atoms with E-state index in [2.05, 4.69) is 61.0 Å². The minimum atomic E-state index is 0.612. The van der Waals surface area contributed by atoms with Crippen LogP contribution in [0, 0.1) is 53.8 Å². The van der Waals surface area contributed by atoms with Gasteiger partial charge in [-0.3, -0.25) is 9.97 Å². The number of hydrogen-bond acceptors (Lipinski definition) is 2. The van der Waals surface area contributed by atoms with Crippen LogP contribution in [0.1, 0.15) is 160 Å². The smallest absolute Gasteiger partial charge is 0.0728 e. The van der Waals surface area contributed by atoms with Crippen molar-refractivity contribution in [3.63, 3.8) is 0 Å². The van der Waals surface area contributed by atoms with Gasteiger partial charge in [-0.2, -0.15) is 0 Å². The van der Waals surface area contributed by atoms with Gasteiger partial charge >= 0.3 is 0 Å². The van der Waals surface area contributed by atoms with Crippen molar-refractivity contribution in [3.05, 3.63) is 76.4 Å². The van der Waals surface area contributed by atoms with Crippen molar-refractivity contribution in [2.24, 2.45) is 39.9 Å². The van der Waals surface area contributed by atoms with Gasteiger partial charge in [0.15, 0.2) is 0 Å². The van der Waals surface area contributed by atoms with Gasteiger partial charge < -0.3 is 4.40 Å². The average molecular weight is 708 g/mol. The number of hydrogen-bond donors (Lipinski definition) is 0. The maximum Gasteiger partial charge on any atom is 0.0728 e. The molecule has 272 valence electrons. The largest absolute Gasteiger partial charge is 0.305 e. The van der Waals surface area contributed by atoms with Crippen molar-refractivity contribution >= 4 is 38.1 Å². The van der Waals surface area contributed by atoms with E-state index in [9.17, 15) is 0 Å². The lowest BCUT2D eigenvalue weighted by Gasteiger charge is -2.64. The lowest BCUT2D eigenvalue weighted by Crippen LogP contribution is -2.58. The van der Waals surface area contributed by atoms with Crippen molar-refractivity contribution in [3.8, 4) is 11.1 Å². The first-order chi connectivity index (χ1) is 26.5. The van der Waals surface area contributed by atoms with E-state index in [4.69, 9.17) is 9.97 Å². The molecule has 16 rings (SSSR count). The van der Waals surface area contributed by atoms with Gasteiger partial charge in [0, 0.05) is 44.8 Å². The molecule has 54 heavy (non-hydrogen) atoms. The first-order valence-electron chi connectivity index (χ1n) is 22.6. The van der Waals surface area contributed by atoms with E-state index < -0.39 is 0 Å². The zero-order chi connectivity index (χ0) is 35.0. The summed E-state index contributed by atoms with van der Waals surface area (Å²) in [5.74, 6) is 6.35. The third-order valence-corrected chi connectivity index (χ3v) is 20.0. The molecule has 7 saturated carbocycles. The van der Waals surface area contributed by atoms with Crippen LogP contribution in [0.5, 0.6) is 0 Å². The molecule has 0 saturated heterocycles. The molecule has 0 amide bonds. The number of fused-ring (bicyclic) bond motifs is 14.